The number of aromatic nitrogens is 3. The zero-order chi connectivity index (χ0) is 22.2. The second-order valence-corrected chi connectivity index (χ2v) is 8.50. The van der Waals surface area contributed by atoms with Gasteiger partial charge in [0.2, 0.25) is 5.91 Å². The van der Waals surface area contributed by atoms with Crippen LogP contribution in [0.3, 0.4) is 0 Å². The molecule has 6 heteroatoms. The van der Waals surface area contributed by atoms with E-state index in [-0.39, 0.29) is 5.91 Å². The van der Waals surface area contributed by atoms with Crippen LogP contribution in [0.25, 0.3) is 11.4 Å². The molecule has 32 heavy (non-hydrogen) atoms. The molecule has 162 valence electrons. The summed E-state index contributed by atoms with van der Waals surface area (Å²) in [6, 6.07) is 30.4. The molecule has 0 atom stereocenters. The lowest BCUT2D eigenvalue weighted by Gasteiger charge is -2.23. The largest absolute Gasteiger partial charge is 0.337 e. The van der Waals surface area contributed by atoms with Crippen LogP contribution in [0.15, 0.2) is 96.2 Å². The van der Waals surface area contributed by atoms with Gasteiger partial charge in [-0.05, 0) is 17.5 Å². The number of carbonyl (C=O) groups is 1. The Labute approximate surface area is 193 Å². The maximum atomic E-state index is 13.2. The van der Waals surface area contributed by atoms with Crippen LogP contribution < -0.4 is 0 Å². The molecule has 1 aromatic heterocycles. The molecule has 4 aromatic rings. The van der Waals surface area contributed by atoms with E-state index in [0.29, 0.717) is 18.8 Å². The molecule has 1 heterocycles. The minimum atomic E-state index is 0.0963. The van der Waals surface area contributed by atoms with Gasteiger partial charge in [0, 0.05) is 25.7 Å². The van der Waals surface area contributed by atoms with Crippen molar-refractivity contribution in [3.8, 4) is 11.4 Å². The average molecular weight is 443 g/mol. The van der Waals surface area contributed by atoms with Gasteiger partial charge in [-0.2, -0.15) is 0 Å². The Bertz CT molecular complexity index is 1130. The molecular formula is C26H26N4OS. The Morgan fingerprint density at radius 3 is 2.09 bits per heavy atom. The van der Waals surface area contributed by atoms with E-state index < -0.39 is 0 Å². The number of amides is 1. The van der Waals surface area contributed by atoms with Crippen LogP contribution in [0.5, 0.6) is 0 Å². The number of nitrogens with zero attached hydrogens (tertiary/aromatic N) is 4. The molecule has 0 bridgehead atoms. The highest BCUT2D eigenvalue weighted by molar-refractivity contribution is 7.99. The van der Waals surface area contributed by atoms with E-state index in [2.05, 4.69) is 34.5 Å². The zero-order valence-electron chi connectivity index (χ0n) is 18.1. The van der Waals surface area contributed by atoms with Crippen molar-refractivity contribution >= 4 is 17.7 Å². The topological polar surface area (TPSA) is 51.0 Å². The lowest BCUT2D eigenvalue weighted by molar-refractivity contribution is -0.128. The molecular weight excluding hydrogens is 416 g/mol. The minimum absolute atomic E-state index is 0.0963. The third-order valence-electron chi connectivity index (χ3n) is 5.27. The first kappa shape index (κ1) is 21.8. The van der Waals surface area contributed by atoms with Crippen LogP contribution in [0, 0.1) is 0 Å². The standard InChI is InChI=1S/C26H26N4OS/c1-29-25(23-15-9-4-10-16-23)27-28-26(29)32-20-24(31)30(19-22-13-7-3-8-14-22)18-17-21-11-5-2-6-12-21/h2-16H,17-20H2,1H3. The van der Waals surface area contributed by atoms with E-state index in [9.17, 15) is 4.79 Å². The maximum absolute atomic E-state index is 13.2. The van der Waals surface area contributed by atoms with Crippen LogP contribution >= 0.6 is 11.8 Å². The highest BCUT2D eigenvalue weighted by Gasteiger charge is 2.17. The van der Waals surface area contributed by atoms with E-state index in [1.54, 1.807) is 0 Å². The summed E-state index contributed by atoms with van der Waals surface area (Å²) in [7, 11) is 1.94. The summed E-state index contributed by atoms with van der Waals surface area (Å²) in [6.07, 6.45) is 0.826. The molecule has 0 saturated carbocycles. The van der Waals surface area contributed by atoms with Crippen molar-refractivity contribution in [2.75, 3.05) is 12.3 Å². The molecule has 5 nitrogen and oxygen atoms in total. The fourth-order valence-corrected chi connectivity index (χ4v) is 4.32. The maximum Gasteiger partial charge on any atom is 0.233 e. The second kappa shape index (κ2) is 10.8. The monoisotopic (exact) mass is 442 g/mol. The van der Waals surface area contributed by atoms with Gasteiger partial charge in [-0.25, -0.2) is 0 Å². The third kappa shape index (κ3) is 5.65. The molecule has 0 N–H and O–H groups in total. The fraction of sp³-hybridized carbons (Fsp3) is 0.192. The molecule has 4 rings (SSSR count). The lowest BCUT2D eigenvalue weighted by atomic mass is 10.1. The Morgan fingerprint density at radius 2 is 1.44 bits per heavy atom. The zero-order valence-corrected chi connectivity index (χ0v) is 18.9. The smallest absolute Gasteiger partial charge is 0.233 e. The molecule has 0 radical (unpaired) electrons. The van der Waals surface area contributed by atoms with E-state index >= 15 is 0 Å². The van der Waals surface area contributed by atoms with Crippen LogP contribution in [0.4, 0.5) is 0 Å². The summed E-state index contributed by atoms with van der Waals surface area (Å²) < 4.78 is 1.94. The molecule has 0 spiro atoms. The summed E-state index contributed by atoms with van der Waals surface area (Å²) in [4.78, 5) is 15.1. The predicted molar refractivity (Wildman–Crippen MR) is 129 cm³/mol. The van der Waals surface area contributed by atoms with Gasteiger partial charge in [0.25, 0.3) is 0 Å². The third-order valence-corrected chi connectivity index (χ3v) is 6.28. The summed E-state index contributed by atoms with van der Waals surface area (Å²) in [5.41, 5.74) is 3.37. The molecule has 0 aliphatic carbocycles. The van der Waals surface area contributed by atoms with Gasteiger partial charge in [0.05, 0.1) is 5.75 Å². The fourth-order valence-electron chi connectivity index (χ4n) is 3.50. The summed E-state index contributed by atoms with van der Waals surface area (Å²) in [5, 5.41) is 9.36. The quantitative estimate of drug-likeness (QED) is 0.348. The number of hydrogen-bond donors (Lipinski definition) is 0. The number of rotatable bonds is 9. The van der Waals surface area contributed by atoms with Crippen molar-refractivity contribution < 1.29 is 4.79 Å². The van der Waals surface area contributed by atoms with Gasteiger partial charge >= 0.3 is 0 Å². The molecule has 1 amide bonds. The van der Waals surface area contributed by atoms with Crippen LogP contribution in [-0.4, -0.2) is 37.9 Å². The second-order valence-electron chi connectivity index (χ2n) is 7.56. The van der Waals surface area contributed by atoms with E-state index in [1.807, 2.05) is 83.2 Å². The van der Waals surface area contributed by atoms with Crippen molar-refractivity contribution in [2.24, 2.45) is 7.05 Å². The van der Waals surface area contributed by atoms with Gasteiger partial charge in [-0.15, -0.1) is 10.2 Å². The van der Waals surface area contributed by atoms with E-state index in [4.69, 9.17) is 0 Å². The summed E-state index contributed by atoms with van der Waals surface area (Å²) in [5.74, 6) is 1.22. The van der Waals surface area contributed by atoms with Crippen molar-refractivity contribution in [2.45, 2.75) is 18.1 Å². The van der Waals surface area contributed by atoms with Crippen molar-refractivity contribution in [3.05, 3.63) is 102 Å². The molecule has 0 unspecified atom stereocenters. The first-order valence-corrected chi connectivity index (χ1v) is 11.6. The Balaban J connectivity index is 1.43. The first-order chi connectivity index (χ1) is 15.7. The lowest BCUT2D eigenvalue weighted by Crippen LogP contribution is -2.34. The Hall–Kier alpha value is -3.38. The number of thioether (sulfide) groups is 1. The van der Waals surface area contributed by atoms with Crippen LogP contribution in [0.1, 0.15) is 11.1 Å². The molecule has 0 fully saturated rings. The number of hydrogen-bond acceptors (Lipinski definition) is 4. The SMILES string of the molecule is Cn1c(SCC(=O)N(CCc2ccccc2)Cc2ccccc2)nnc1-c1ccccc1. The molecule has 0 aliphatic heterocycles. The van der Waals surface area contributed by atoms with Gasteiger partial charge in [0.1, 0.15) is 0 Å². The molecule has 0 aliphatic rings. The normalized spacial score (nSPS) is 10.8. The minimum Gasteiger partial charge on any atom is -0.337 e. The van der Waals surface area contributed by atoms with Gasteiger partial charge < -0.3 is 9.47 Å². The molecule has 3 aromatic carbocycles. The van der Waals surface area contributed by atoms with E-state index in [1.165, 1.54) is 17.3 Å². The highest BCUT2D eigenvalue weighted by Crippen LogP contribution is 2.23. The molecule has 0 saturated heterocycles. The van der Waals surface area contributed by atoms with Gasteiger partial charge in [0.15, 0.2) is 11.0 Å². The number of benzene rings is 3. The van der Waals surface area contributed by atoms with Crippen LogP contribution in [-0.2, 0) is 24.8 Å². The van der Waals surface area contributed by atoms with Crippen molar-refractivity contribution in [1.29, 1.82) is 0 Å². The summed E-state index contributed by atoms with van der Waals surface area (Å²) >= 11 is 1.43. The van der Waals surface area contributed by atoms with Crippen molar-refractivity contribution in [1.82, 2.24) is 19.7 Å². The van der Waals surface area contributed by atoms with Crippen molar-refractivity contribution in [3.63, 3.8) is 0 Å². The van der Waals surface area contributed by atoms with E-state index in [0.717, 1.165) is 28.5 Å². The average Bonchev–Trinajstić information content (AvgIpc) is 3.22. The predicted octanol–water partition coefficient (Wildman–Crippen LogP) is 4.85. The Kier molecular flexibility index (Phi) is 7.35. The highest BCUT2D eigenvalue weighted by atomic mass is 32.2. The Morgan fingerprint density at radius 1 is 0.844 bits per heavy atom. The van der Waals surface area contributed by atoms with Crippen LogP contribution in [0.2, 0.25) is 0 Å². The summed E-state index contributed by atoms with van der Waals surface area (Å²) in [6.45, 7) is 1.27. The number of carbonyl (C=O) groups excluding carboxylic acids is 1. The van der Waals surface area contributed by atoms with Gasteiger partial charge in [-0.1, -0.05) is 103 Å². The van der Waals surface area contributed by atoms with Gasteiger partial charge in [-0.3, -0.25) is 4.79 Å². The first-order valence-electron chi connectivity index (χ1n) is 10.6.